The molecule has 1 amide bonds. The van der Waals surface area contributed by atoms with Crippen molar-refractivity contribution in [1.82, 2.24) is 24.3 Å². The number of carbonyl (C=O) groups is 1. The summed E-state index contributed by atoms with van der Waals surface area (Å²) < 4.78 is 1.95. The molecular formula is C19H21N5O. The third-order valence-corrected chi connectivity index (χ3v) is 4.76. The minimum Gasteiger partial charge on any atom is -0.337 e. The van der Waals surface area contributed by atoms with Crippen LogP contribution >= 0.6 is 0 Å². The van der Waals surface area contributed by atoms with Crippen LogP contribution in [0.2, 0.25) is 0 Å². The number of pyridine rings is 1. The maximum Gasteiger partial charge on any atom is 0.274 e. The van der Waals surface area contributed by atoms with Crippen LogP contribution < -0.4 is 0 Å². The number of likely N-dealkylation sites (tertiary alicyclic amines) is 1. The van der Waals surface area contributed by atoms with Gasteiger partial charge in [-0.2, -0.15) is 0 Å². The molecule has 1 atom stereocenters. The summed E-state index contributed by atoms with van der Waals surface area (Å²) in [4.78, 5) is 28.3. The van der Waals surface area contributed by atoms with Crippen LogP contribution in [0.15, 0.2) is 30.5 Å². The summed E-state index contributed by atoms with van der Waals surface area (Å²) in [5, 5.41) is 0. The number of aromatic nitrogens is 4. The highest BCUT2D eigenvalue weighted by atomic mass is 16.2. The Balaban J connectivity index is 1.56. The van der Waals surface area contributed by atoms with Gasteiger partial charge in [0.1, 0.15) is 17.2 Å². The van der Waals surface area contributed by atoms with E-state index in [9.17, 15) is 4.79 Å². The first-order chi connectivity index (χ1) is 12.0. The summed E-state index contributed by atoms with van der Waals surface area (Å²) in [5.74, 6) is 1.02. The SMILES string of the molecule is Cc1cc(C)nc(C2CCN(C(=O)c3cn4c(C)cccc4n3)C2)n1. The van der Waals surface area contributed by atoms with Crippen molar-refractivity contribution in [3.05, 3.63) is 59.1 Å². The molecule has 3 aromatic rings. The average Bonchev–Trinajstić information content (AvgIpc) is 3.21. The molecule has 6 heteroatoms. The Morgan fingerprint density at radius 2 is 1.88 bits per heavy atom. The molecule has 0 saturated carbocycles. The van der Waals surface area contributed by atoms with E-state index in [1.165, 1.54) is 0 Å². The summed E-state index contributed by atoms with van der Waals surface area (Å²) in [6, 6.07) is 7.85. The zero-order valence-corrected chi connectivity index (χ0v) is 14.7. The van der Waals surface area contributed by atoms with Crippen molar-refractivity contribution < 1.29 is 4.79 Å². The van der Waals surface area contributed by atoms with Gasteiger partial charge < -0.3 is 9.30 Å². The molecule has 4 rings (SSSR count). The maximum atomic E-state index is 12.8. The molecule has 128 valence electrons. The van der Waals surface area contributed by atoms with Gasteiger partial charge in [-0.25, -0.2) is 15.0 Å². The quantitative estimate of drug-likeness (QED) is 0.722. The predicted octanol–water partition coefficient (Wildman–Crippen LogP) is 2.68. The van der Waals surface area contributed by atoms with Crippen molar-refractivity contribution in [2.45, 2.75) is 33.1 Å². The van der Waals surface area contributed by atoms with Crippen LogP contribution in [0, 0.1) is 20.8 Å². The van der Waals surface area contributed by atoms with Gasteiger partial charge in [0.25, 0.3) is 5.91 Å². The fraction of sp³-hybridized carbons (Fsp3) is 0.368. The Hall–Kier alpha value is -2.76. The molecule has 1 saturated heterocycles. The van der Waals surface area contributed by atoms with E-state index in [1.807, 2.05) is 60.5 Å². The van der Waals surface area contributed by atoms with Gasteiger partial charge in [0.15, 0.2) is 0 Å². The number of rotatable bonds is 2. The average molecular weight is 335 g/mol. The molecule has 0 N–H and O–H groups in total. The van der Waals surface area contributed by atoms with E-state index in [2.05, 4.69) is 15.0 Å². The number of imidazole rings is 1. The van der Waals surface area contributed by atoms with Crippen molar-refractivity contribution in [3.8, 4) is 0 Å². The number of nitrogens with zero attached hydrogens (tertiary/aromatic N) is 5. The molecule has 25 heavy (non-hydrogen) atoms. The number of fused-ring (bicyclic) bond motifs is 1. The second-order valence-electron chi connectivity index (χ2n) is 6.77. The van der Waals surface area contributed by atoms with E-state index in [4.69, 9.17) is 0 Å². The van der Waals surface area contributed by atoms with Crippen LogP contribution in [-0.4, -0.2) is 43.2 Å². The van der Waals surface area contributed by atoms with Crippen molar-refractivity contribution in [2.75, 3.05) is 13.1 Å². The summed E-state index contributed by atoms with van der Waals surface area (Å²) in [7, 11) is 0. The lowest BCUT2D eigenvalue weighted by molar-refractivity contribution is 0.0785. The monoisotopic (exact) mass is 335 g/mol. The number of amides is 1. The van der Waals surface area contributed by atoms with Crippen LogP contribution in [0.4, 0.5) is 0 Å². The highest BCUT2D eigenvalue weighted by Gasteiger charge is 2.31. The zero-order valence-electron chi connectivity index (χ0n) is 14.7. The van der Waals surface area contributed by atoms with Crippen LogP contribution in [0.3, 0.4) is 0 Å². The normalized spacial score (nSPS) is 17.4. The smallest absolute Gasteiger partial charge is 0.274 e. The van der Waals surface area contributed by atoms with E-state index in [0.717, 1.165) is 35.0 Å². The largest absolute Gasteiger partial charge is 0.337 e. The number of hydrogen-bond acceptors (Lipinski definition) is 4. The topological polar surface area (TPSA) is 63.4 Å². The summed E-state index contributed by atoms with van der Waals surface area (Å²) in [6.45, 7) is 7.33. The Labute approximate surface area is 146 Å². The van der Waals surface area contributed by atoms with Gasteiger partial charge in [-0.15, -0.1) is 0 Å². The van der Waals surface area contributed by atoms with Crippen molar-refractivity contribution in [2.24, 2.45) is 0 Å². The standard InChI is InChI=1S/C19H21N5O/c1-12-9-13(2)21-18(20-12)15-7-8-23(10-15)19(25)16-11-24-14(3)5-4-6-17(24)22-16/h4-6,9,11,15H,7-8,10H2,1-3H3. The van der Waals surface area contributed by atoms with Gasteiger partial charge in [0.05, 0.1) is 0 Å². The Kier molecular flexibility index (Phi) is 3.75. The van der Waals surface area contributed by atoms with E-state index in [1.54, 1.807) is 0 Å². The number of hydrogen-bond donors (Lipinski definition) is 0. The van der Waals surface area contributed by atoms with Gasteiger partial charge in [0.2, 0.25) is 0 Å². The van der Waals surface area contributed by atoms with E-state index in [-0.39, 0.29) is 11.8 Å². The third kappa shape index (κ3) is 2.88. The molecular weight excluding hydrogens is 314 g/mol. The first-order valence-corrected chi connectivity index (χ1v) is 8.57. The number of aryl methyl sites for hydroxylation is 3. The minimum atomic E-state index is -0.0185. The lowest BCUT2D eigenvalue weighted by Crippen LogP contribution is -2.29. The lowest BCUT2D eigenvalue weighted by atomic mass is 10.1. The Bertz CT molecular complexity index is 941. The predicted molar refractivity (Wildman–Crippen MR) is 94.7 cm³/mol. The molecule has 0 radical (unpaired) electrons. The molecule has 1 aliphatic heterocycles. The van der Waals surface area contributed by atoms with Crippen molar-refractivity contribution in [3.63, 3.8) is 0 Å². The van der Waals surface area contributed by atoms with E-state index >= 15 is 0 Å². The van der Waals surface area contributed by atoms with Crippen molar-refractivity contribution >= 4 is 11.6 Å². The summed E-state index contributed by atoms with van der Waals surface area (Å²) >= 11 is 0. The molecule has 0 aliphatic carbocycles. The first kappa shape index (κ1) is 15.7. The molecule has 1 unspecified atom stereocenters. The van der Waals surface area contributed by atoms with E-state index < -0.39 is 0 Å². The highest BCUT2D eigenvalue weighted by molar-refractivity contribution is 5.93. The molecule has 4 heterocycles. The summed E-state index contributed by atoms with van der Waals surface area (Å²) in [5.41, 5.74) is 4.31. The summed E-state index contributed by atoms with van der Waals surface area (Å²) in [6.07, 6.45) is 2.72. The first-order valence-electron chi connectivity index (χ1n) is 8.57. The van der Waals surface area contributed by atoms with Crippen LogP contribution in [0.1, 0.15) is 45.7 Å². The van der Waals surface area contributed by atoms with Crippen LogP contribution in [-0.2, 0) is 0 Å². The fourth-order valence-corrected chi connectivity index (χ4v) is 3.50. The molecule has 0 aromatic carbocycles. The van der Waals surface area contributed by atoms with Gasteiger partial charge in [-0.1, -0.05) is 6.07 Å². The molecule has 1 fully saturated rings. The Morgan fingerprint density at radius 1 is 1.12 bits per heavy atom. The van der Waals surface area contributed by atoms with E-state index in [0.29, 0.717) is 18.8 Å². The molecule has 0 bridgehead atoms. The molecule has 3 aromatic heterocycles. The third-order valence-electron chi connectivity index (χ3n) is 4.76. The van der Waals surface area contributed by atoms with Gasteiger partial charge >= 0.3 is 0 Å². The highest BCUT2D eigenvalue weighted by Crippen LogP contribution is 2.26. The minimum absolute atomic E-state index is 0.0185. The van der Waals surface area contributed by atoms with Gasteiger partial charge in [-0.3, -0.25) is 4.79 Å². The second-order valence-corrected chi connectivity index (χ2v) is 6.77. The molecule has 1 aliphatic rings. The van der Waals surface area contributed by atoms with Gasteiger partial charge in [-0.05, 0) is 45.4 Å². The lowest BCUT2D eigenvalue weighted by Gasteiger charge is -2.15. The van der Waals surface area contributed by atoms with Crippen molar-refractivity contribution in [1.29, 1.82) is 0 Å². The fourth-order valence-electron chi connectivity index (χ4n) is 3.50. The molecule has 0 spiro atoms. The van der Waals surface area contributed by atoms with Crippen LogP contribution in [0.25, 0.3) is 5.65 Å². The molecule has 6 nitrogen and oxygen atoms in total. The number of carbonyl (C=O) groups excluding carboxylic acids is 1. The maximum absolute atomic E-state index is 12.8. The Morgan fingerprint density at radius 3 is 2.60 bits per heavy atom. The zero-order chi connectivity index (χ0) is 17.6. The van der Waals surface area contributed by atoms with Gasteiger partial charge in [0, 0.05) is 42.3 Å². The second kappa shape index (κ2) is 5.95. The van der Waals surface area contributed by atoms with Crippen LogP contribution in [0.5, 0.6) is 0 Å².